The van der Waals surface area contributed by atoms with Gasteiger partial charge in [0.05, 0.1) is 16.4 Å². The normalized spacial score (nSPS) is 10.7. The number of benzene rings is 1. The molecule has 11 heteroatoms. The zero-order valence-electron chi connectivity index (χ0n) is 14.5. The van der Waals surface area contributed by atoms with E-state index in [-0.39, 0.29) is 17.2 Å². The quantitative estimate of drug-likeness (QED) is 0.353. The van der Waals surface area contributed by atoms with Crippen LogP contribution < -0.4 is 10.6 Å². The monoisotopic (exact) mass is 380 g/mol. The molecule has 0 radical (unpaired) electrons. The van der Waals surface area contributed by atoms with Crippen molar-refractivity contribution >= 4 is 23.4 Å². The van der Waals surface area contributed by atoms with E-state index in [9.17, 15) is 14.9 Å². The van der Waals surface area contributed by atoms with Crippen molar-refractivity contribution in [2.45, 2.75) is 10.1 Å². The molecule has 0 aliphatic rings. The molecule has 0 fully saturated rings. The van der Waals surface area contributed by atoms with E-state index in [4.69, 9.17) is 4.74 Å². The van der Waals surface area contributed by atoms with Crippen LogP contribution in [-0.4, -0.2) is 58.9 Å². The fourth-order valence-corrected chi connectivity index (χ4v) is 2.87. The Morgan fingerprint density at radius 2 is 2.19 bits per heavy atom. The van der Waals surface area contributed by atoms with E-state index >= 15 is 0 Å². The van der Waals surface area contributed by atoms with Crippen LogP contribution in [0.2, 0.25) is 0 Å². The molecule has 0 saturated heterocycles. The minimum atomic E-state index is -0.512. The molecular weight excluding hydrogens is 360 g/mol. The van der Waals surface area contributed by atoms with Gasteiger partial charge in [-0.3, -0.25) is 14.9 Å². The number of nitrogens with zero attached hydrogens (tertiary/aromatic N) is 4. The van der Waals surface area contributed by atoms with Crippen LogP contribution in [-0.2, 0) is 11.8 Å². The molecule has 0 unspecified atom stereocenters. The summed E-state index contributed by atoms with van der Waals surface area (Å²) in [7, 11) is 3.36. The molecule has 0 atom stereocenters. The Morgan fingerprint density at radius 3 is 2.85 bits per heavy atom. The summed E-state index contributed by atoms with van der Waals surface area (Å²) >= 11 is 1.12. The zero-order chi connectivity index (χ0) is 18.9. The zero-order valence-corrected chi connectivity index (χ0v) is 15.3. The second kappa shape index (κ2) is 9.85. The maximum absolute atomic E-state index is 12.2. The molecule has 0 aliphatic heterocycles. The third-order valence-electron chi connectivity index (χ3n) is 3.36. The van der Waals surface area contributed by atoms with Crippen molar-refractivity contribution in [3.8, 4) is 0 Å². The van der Waals surface area contributed by atoms with Crippen LogP contribution in [0.1, 0.15) is 10.4 Å². The number of rotatable bonds is 10. The number of nitrogens with one attached hydrogen (secondary N) is 2. The number of amides is 1. The summed E-state index contributed by atoms with van der Waals surface area (Å²) in [6.45, 7) is 2.26. The first kappa shape index (κ1) is 19.8. The lowest BCUT2D eigenvalue weighted by Crippen LogP contribution is -2.33. The molecular formula is C15H20N6O4S. The van der Waals surface area contributed by atoms with Crippen LogP contribution in [0.25, 0.3) is 0 Å². The molecule has 10 nitrogen and oxygen atoms in total. The van der Waals surface area contributed by atoms with Gasteiger partial charge in [-0.25, -0.2) is 0 Å². The Bertz CT molecular complexity index is 766. The van der Waals surface area contributed by atoms with E-state index in [2.05, 4.69) is 20.8 Å². The van der Waals surface area contributed by atoms with Gasteiger partial charge in [-0.1, -0.05) is 0 Å². The lowest BCUT2D eigenvalue weighted by atomic mass is 10.2. The molecule has 1 heterocycles. The van der Waals surface area contributed by atoms with Crippen molar-refractivity contribution in [1.82, 2.24) is 25.4 Å². The van der Waals surface area contributed by atoms with E-state index in [0.717, 1.165) is 11.8 Å². The molecule has 1 aromatic heterocycles. The summed E-state index contributed by atoms with van der Waals surface area (Å²) in [6, 6.07) is 4.37. The number of carbonyl (C=O) groups is 1. The van der Waals surface area contributed by atoms with Gasteiger partial charge in [0, 0.05) is 45.4 Å². The minimum Gasteiger partial charge on any atom is -0.383 e. The number of ether oxygens (including phenoxy) is 1. The average molecular weight is 380 g/mol. The van der Waals surface area contributed by atoms with Gasteiger partial charge in [0.1, 0.15) is 6.33 Å². The number of hydrogen-bond donors (Lipinski definition) is 2. The van der Waals surface area contributed by atoms with E-state index in [0.29, 0.717) is 36.3 Å². The summed E-state index contributed by atoms with van der Waals surface area (Å²) in [5.74, 6) is -0.364. The van der Waals surface area contributed by atoms with E-state index in [1.165, 1.54) is 12.4 Å². The SMILES string of the molecule is COCCNCCNC(=O)c1ccc(Sc2nncn2C)c([N+](=O)[O-])c1. The number of carbonyl (C=O) groups excluding carboxylic acids is 1. The van der Waals surface area contributed by atoms with Gasteiger partial charge in [0.2, 0.25) is 0 Å². The third kappa shape index (κ3) is 5.51. The lowest BCUT2D eigenvalue weighted by Gasteiger charge is -2.08. The number of nitro groups is 1. The highest BCUT2D eigenvalue weighted by Gasteiger charge is 2.19. The predicted molar refractivity (Wildman–Crippen MR) is 95.3 cm³/mol. The van der Waals surface area contributed by atoms with Crippen LogP contribution in [0, 0.1) is 10.1 Å². The number of methoxy groups -OCH3 is 1. The minimum absolute atomic E-state index is 0.149. The van der Waals surface area contributed by atoms with Crippen LogP contribution in [0.4, 0.5) is 5.69 Å². The second-order valence-electron chi connectivity index (χ2n) is 5.26. The molecule has 2 aromatic rings. The summed E-state index contributed by atoms with van der Waals surface area (Å²) in [5.41, 5.74) is 0.0831. The Balaban J connectivity index is 2.01. The Labute approximate surface area is 154 Å². The highest BCUT2D eigenvalue weighted by Crippen LogP contribution is 2.34. The van der Waals surface area contributed by atoms with Gasteiger partial charge in [-0.2, -0.15) is 0 Å². The highest BCUT2D eigenvalue weighted by atomic mass is 32.2. The van der Waals surface area contributed by atoms with Crippen molar-refractivity contribution in [3.63, 3.8) is 0 Å². The first-order chi connectivity index (χ1) is 12.5. The summed E-state index contributed by atoms with van der Waals surface area (Å²) in [4.78, 5) is 23.4. The fraction of sp³-hybridized carbons (Fsp3) is 0.400. The summed E-state index contributed by atoms with van der Waals surface area (Å²) in [5, 5.41) is 25.3. The fourth-order valence-electron chi connectivity index (χ4n) is 2.02. The number of aromatic nitrogens is 3. The molecule has 1 aromatic carbocycles. The topological polar surface area (TPSA) is 124 Å². The van der Waals surface area contributed by atoms with Crippen molar-refractivity contribution in [2.24, 2.45) is 7.05 Å². The molecule has 2 rings (SSSR count). The highest BCUT2D eigenvalue weighted by molar-refractivity contribution is 7.99. The molecule has 0 spiro atoms. The molecule has 140 valence electrons. The van der Waals surface area contributed by atoms with Crippen molar-refractivity contribution in [2.75, 3.05) is 33.4 Å². The summed E-state index contributed by atoms with van der Waals surface area (Å²) < 4.78 is 6.56. The lowest BCUT2D eigenvalue weighted by molar-refractivity contribution is -0.387. The van der Waals surface area contributed by atoms with Crippen LogP contribution in [0.5, 0.6) is 0 Å². The Hall–Kier alpha value is -2.50. The number of aryl methyl sites for hydroxylation is 1. The van der Waals surface area contributed by atoms with Crippen LogP contribution in [0.3, 0.4) is 0 Å². The van der Waals surface area contributed by atoms with Gasteiger partial charge < -0.3 is 19.9 Å². The summed E-state index contributed by atoms with van der Waals surface area (Å²) in [6.07, 6.45) is 1.51. The van der Waals surface area contributed by atoms with E-state index in [1.54, 1.807) is 30.9 Å². The maximum atomic E-state index is 12.2. The van der Waals surface area contributed by atoms with Gasteiger partial charge in [-0.15, -0.1) is 10.2 Å². The molecule has 0 aliphatic carbocycles. The maximum Gasteiger partial charge on any atom is 0.284 e. The molecule has 0 bridgehead atoms. The number of nitro benzene ring substituents is 1. The average Bonchev–Trinajstić information content (AvgIpc) is 3.02. The Kier molecular flexibility index (Phi) is 7.51. The molecule has 0 saturated carbocycles. The van der Waals surface area contributed by atoms with Crippen LogP contribution >= 0.6 is 11.8 Å². The standard InChI is InChI=1S/C15H20N6O4S/c1-20-10-18-19-15(20)26-13-4-3-11(9-12(13)21(23)24)14(22)17-6-5-16-7-8-25-2/h3-4,9-10,16H,5-8H2,1-2H3,(H,17,22). The van der Waals surface area contributed by atoms with Gasteiger partial charge in [-0.05, 0) is 23.9 Å². The smallest absolute Gasteiger partial charge is 0.284 e. The van der Waals surface area contributed by atoms with Gasteiger partial charge >= 0.3 is 0 Å². The van der Waals surface area contributed by atoms with Crippen LogP contribution in [0.15, 0.2) is 34.6 Å². The van der Waals surface area contributed by atoms with E-state index < -0.39 is 4.92 Å². The molecule has 2 N–H and O–H groups in total. The largest absolute Gasteiger partial charge is 0.383 e. The predicted octanol–water partition coefficient (Wildman–Crippen LogP) is 0.840. The van der Waals surface area contributed by atoms with Crippen molar-refractivity contribution in [3.05, 3.63) is 40.2 Å². The number of hydrogen-bond acceptors (Lipinski definition) is 8. The molecule has 1 amide bonds. The Morgan fingerprint density at radius 1 is 1.38 bits per heavy atom. The first-order valence-corrected chi connectivity index (χ1v) is 8.62. The third-order valence-corrected chi connectivity index (χ3v) is 4.48. The first-order valence-electron chi connectivity index (χ1n) is 7.81. The van der Waals surface area contributed by atoms with Crippen molar-refractivity contribution < 1.29 is 14.5 Å². The van der Waals surface area contributed by atoms with Crippen molar-refractivity contribution in [1.29, 1.82) is 0 Å². The second-order valence-corrected chi connectivity index (χ2v) is 6.27. The van der Waals surface area contributed by atoms with Gasteiger partial charge in [0.25, 0.3) is 11.6 Å². The van der Waals surface area contributed by atoms with Gasteiger partial charge in [0.15, 0.2) is 5.16 Å². The molecule has 26 heavy (non-hydrogen) atoms. The van der Waals surface area contributed by atoms with E-state index in [1.807, 2.05) is 0 Å².